The van der Waals surface area contributed by atoms with E-state index in [0.717, 1.165) is 5.01 Å². The second-order valence-electron chi connectivity index (χ2n) is 5.48. The molecular weight excluding hydrogens is 264 g/mol. The molecule has 0 aliphatic heterocycles. The van der Waals surface area contributed by atoms with Gasteiger partial charge < -0.3 is 10.0 Å². The Morgan fingerprint density at radius 2 is 2.21 bits per heavy atom. The lowest BCUT2D eigenvalue weighted by Gasteiger charge is -2.27. The molecule has 6 nitrogen and oxygen atoms in total. The number of carbonyl (C=O) groups excluding carboxylic acids is 1. The highest BCUT2D eigenvalue weighted by Gasteiger charge is 2.28. The number of likely N-dealkylation sites (N-methyl/N-ethyl adjacent to an activating group) is 1. The SMILES string of the molecule is CCN(CC(C)(C)O)C(=O)Nc1nnc(C2CC2)s1. The van der Waals surface area contributed by atoms with Crippen molar-refractivity contribution in [3.63, 3.8) is 0 Å². The van der Waals surface area contributed by atoms with Crippen molar-refractivity contribution in [2.45, 2.75) is 45.1 Å². The normalized spacial score (nSPS) is 15.4. The number of hydrogen-bond acceptors (Lipinski definition) is 5. The standard InChI is InChI=1S/C12H20N4O2S/c1-4-16(7-12(2,3)18)11(17)13-10-15-14-9(19-10)8-5-6-8/h8,18H,4-7H2,1-3H3,(H,13,15,17). The van der Waals surface area contributed by atoms with Crippen LogP contribution < -0.4 is 5.32 Å². The molecule has 1 fully saturated rings. The first-order valence-corrected chi connectivity index (χ1v) is 7.32. The van der Waals surface area contributed by atoms with E-state index >= 15 is 0 Å². The Morgan fingerprint density at radius 3 is 2.74 bits per heavy atom. The number of nitrogens with one attached hydrogen (secondary N) is 1. The monoisotopic (exact) mass is 284 g/mol. The smallest absolute Gasteiger partial charge is 0.323 e. The summed E-state index contributed by atoms with van der Waals surface area (Å²) in [6, 6.07) is -0.247. The Labute approximate surface area is 116 Å². The number of carbonyl (C=O) groups is 1. The van der Waals surface area contributed by atoms with Gasteiger partial charge in [-0.1, -0.05) is 11.3 Å². The van der Waals surface area contributed by atoms with Crippen molar-refractivity contribution in [1.82, 2.24) is 15.1 Å². The van der Waals surface area contributed by atoms with Crippen molar-refractivity contribution >= 4 is 22.5 Å². The predicted octanol–water partition coefficient (Wildman–Crippen LogP) is 2.04. The number of urea groups is 1. The van der Waals surface area contributed by atoms with Gasteiger partial charge in [0, 0.05) is 12.5 Å². The highest BCUT2D eigenvalue weighted by atomic mass is 32.1. The van der Waals surface area contributed by atoms with Gasteiger partial charge in [-0.15, -0.1) is 10.2 Å². The van der Waals surface area contributed by atoms with Crippen LogP contribution in [0.15, 0.2) is 0 Å². The molecule has 1 aliphatic rings. The van der Waals surface area contributed by atoms with Gasteiger partial charge in [0.15, 0.2) is 0 Å². The van der Waals surface area contributed by atoms with Gasteiger partial charge in [-0.2, -0.15) is 0 Å². The van der Waals surface area contributed by atoms with Crippen molar-refractivity contribution < 1.29 is 9.90 Å². The third-order valence-corrected chi connectivity index (χ3v) is 3.83. The zero-order valence-corrected chi connectivity index (χ0v) is 12.3. The van der Waals surface area contributed by atoms with Gasteiger partial charge in [0.2, 0.25) is 5.13 Å². The first-order valence-electron chi connectivity index (χ1n) is 6.51. The van der Waals surface area contributed by atoms with Crippen LogP contribution in [0.25, 0.3) is 0 Å². The molecule has 0 radical (unpaired) electrons. The first kappa shape index (κ1) is 14.2. The molecule has 1 aliphatic carbocycles. The molecule has 2 rings (SSSR count). The third-order valence-electron chi connectivity index (χ3n) is 2.83. The lowest BCUT2D eigenvalue weighted by molar-refractivity contribution is 0.0501. The van der Waals surface area contributed by atoms with Crippen LogP contribution >= 0.6 is 11.3 Å². The number of aliphatic hydroxyl groups is 1. The summed E-state index contributed by atoms with van der Waals surface area (Å²) < 4.78 is 0. The van der Waals surface area contributed by atoms with Gasteiger partial charge in [-0.05, 0) is 33.6 Å². The molecule has 0 atom stereocenters. The van der Waals surface area contributed by atoms with Crippen LogP contribution in [0.2, 0.25) is 0 Å². The average molecular weight is 284 g/mol. The van der Waals surface area contributed by atoms with Crippen LogP contribution in [0.1, 0.15) is 44.5 Å². The topological polar surface area (TPSA) is 78.4 Å². The van der Waals surface area contributed by atoms with E-state index in [4.69, 9.17) is 0 Å². The third kappa shape index (κ3) is 4.14. The minimum atomic E-state index is -0.909. The van der Waals surface area contributed by atoms with Gasteiger partial charge in [0.25, 0.3) is 0 Å². The zero-order valence-electron chi connectivity index (χ0n) is 11.5. The molecule has 0 unspecified atom stereocenters. The van der Waals surface area contributed by atoms with Crippen LogP contribution in [-0.4, -0.2) is 44.9 Å². The van der Waals surface area contributed by atoms with Gasteiger partial charge in [0.05, 0.1) is 12.1 Å². The molecule has 19 heavy (non-hydrogen) atoms. The summed E-state index contributed by atoms with van der Waals surface area (Å²) >= 11 is 1.43. The Balaban J connectivity index is 1.93. The number of anilines is 1. The van der Waals surface area contributed by atoms with Crippen LogP contribution in [-0.2, 0) is 0 Å². The van der Waals surface area contributed by atoms with Crippen molar-refractivity contribution in [3.8, 4) is 0 Å². The fraction of sp³-hybridized carbons (Fsp3) is 0.750. The maximum absolute atomic E-state index is 12.1. The van der Waals surface area contributed by atoms with Crippen molar-refractivity contribution in [2.75, 3.05) is 18.4 Å². The number of amides is 2. The maximum atomic E-state index is 12.1. The molecule has 106 valence electrons. The summed E-state index contributed by atoms with van der Waals surface area (Å²) in [5.74, 6) is 0.543. The summed E-state index contributed by atoms with van der Waals surface area (Å²) in [5, 5.41) is 22.1. The van der Waals surface area contributed by atoms with E-state index in [0.29, 0.717) is 17.6 Å². The Hall–Kier alpha value is -1.21. The summed E-state index contributed by atoms with van der Waals surface area (Å²) in [4.78, 5) is 13.6. The van der Waals surface area contributed by atoms with E-state index in [1.54, 1.807) is 18.7 Å². The average Bonchev–Trinajstić information content (AvgIpc) is 3.06. The molecule has 1 saturated carbocycles. The predicted molar refractivity (Wildman–Crippen MR) is 74.4 cm³/mol. The van der Waals surface area contributed by atoms with Crippen LogP contribution in [0.3, 0.4) is 0 Å². The van der Waals surface area contributed by atoms with Gasteiger partial charge in [0.1, 0.15) is 5.01 Å². The quantitative estimate of drug-likeness (QED) is 0.867. The van der Waals surface area contributed by atoms with Crippen molar-refractivity contribution in [3.05, 3.63) is 5.01 Å². The zero-order chi connectivity index (χ0) is 14.0. The van der Waals surface area contributed by atoms with Crippen molar-refractivity contribution in [2.24, 2.45) is 0 Å². The largest absolute Gasteiger partial charge is 0.389 e. The molecule has 0 saturated heterocycles. The van der Waals surface area contributed by atoms with Crippen LogP contribution in [0, 0.1) is 0 Å². The summed E-state index contributed by atoms with van der Waals surface area (Å²) in [6.45, 7) is 6.05. The van der Waals surface area contributed by atoms with Crippen molar-refractivity contribution in [1.29, 1.82) is 0 Å². The minimum Gasteiger partial charge on any atom is -0.389 e. The van der Waals surface area contributed by atoms with E-state index in [9.17, 15) is 9.90 Å². The van der Waals surface area contributed by atoms with Crippen LogP contribution in [0.4, 0.5) is 9.93 Å². The number of aromatic nitrogens is 2. The molecule has 1 heterocycles. The molecule has 7 heteroatoms. The second-order valence-corrected chi connectivity index (χ2v) is 6.49. The lowest BCUT2D eigenvalue weighted by atomic mass is 10.1. The fourth-order valence-corrected chi connectivity index (χ4v) is 2.65. The minimum absolute atomic E-state index is 0.247. The van der Waals surface area contributed by atoms with E-state index in [1.807, 2.05) is 6.92 Å². The Bertz CT molecular complexity index is 451. The molecule has 1 aromatic rings. The molecule has 0 spiro atoms. The van der Waals surface area contributed by atoms with Crippen LogP contribution in [0.5, 0.6) is 0 Å². The highest BCUT2D eigenvalue weighted by molar-refractivity contribution is 7.15. The van der Waals surface area contributed by atoms with Gasteiger partial charge >= 0.3 is 6.03 Å². The second kappa shape index (κ2) is 5.42. The van der Waals surface area contributed by atoms with E-state index < -0.39 is 5.60 Å². The summed E-state index contributed by atoms with van der Waals surface area (Å²) in [7, 11) is 0. The Morgan fingerprint density at radius 1 is 1.53 bits per heavy atom. The molecule has 1 aromatic heterocycles. The Kier molecular flexibility index (Phi) is 4.05. The fourth-order valence-electron chi connectivity index (χ4n) is 1.75. The van der Waals surface area contributed by atoms with E-state index in [2.05, 4.69) is 15.5 Å². The summed E-state index contributed by atoms with van der Waals surface area (Å²) in [6.07, 6.45) is 2.34. The number of rotatable bonds is 5. The lowest BCUT2D eigenvalue weighted by Crippen LogP contribution is -2.44. The molecule has 0 bridgehead atoms. The summed E-state index contributed by atoms with van der Waals surface area (Å²) in [5.41, 5.74) is -0.909. The number of nitrogens with zero attached hydrogens (tertiary/aromatic N) is 3. The van der Waals surface area contributed by atoms with E-state index in [1.165, 1.54) is 24.2 Å². The highest BCUT2D eigenvalue weighted by Crippen LogP contribution is 2.42. The van der Waals surface area contributed by atoms with Gasteiger partial charge in [-0.3, -0.25) is 5.32 Å². The number of hydrogen-bond donors (Lipinski definition) is 2. The molecule has 0 aromatic carbocycles. The van der Waals surface area contributed by atoms with Gasteiger partial charge in [-0.25, -0.2) is 4.79 Å². The molecular formula is C12H20N4O2S. The first-order chi connectivity index (χ1) is 8.89. The molecule has 2 N–H and O–H groups in total. The maximum Gasteiger partial charge on any atom is 0.323 e. The van der Waals surface area contributed by atoms with E-state index in [-0.39, 0.29) is 12.6 Å². The molecule has 2 amide bonds.